The molecule has 20 heavy (non-hydrogen) atoms. The van der Waals surface area contributed by atoms with E-state index in [1.54, 1.807) is 13.8 Å². The Labute approximate surface area is 114 Å². The van der Waals surface area contributed by atoms with Gasteiger partial charge < -0.3 is 15.6 Å². The largest absolute Gasteiger partial charge is 0.461 e. The van der Waals surface area contributed by atoms with Gasteiger partial charge in [-0.1, -0.05) is 32.0 Å². The zero-order valence-corrected chi connectivity index (χ0v) is 11.1. The number of hydrogen-bond donors (Lipinski definition) is 2. The van der Waals surface area contributed by atoms with Crippen LogP contribution in [0.2, 0.25) is 0 Å². The van der Waals surface area contributed by atoms with Crippen molar-refractivity contribution in [1.82, 2.24) is 0 Å². The van der Waals surface area contributed by atoms with Crippen molar-refractivity contribution in [2.24, 2.45) is 11.7 Å². The number of aliphatic hydroxyl groups excluding tert-OH is 1. The lowest BCUT2D eigenvalue weighted by Crippen LogP contribution is -2.35. The fourth-order valence-electron chi connectivity index (χ4n) is 1.64. The van der Waals surface area contributed by atoms with Crippen molar-refractivity contribution < 1.29 is 27.4 Å². The Morgan fingerprint density at radius 3 is 2.25 bits per heavy atom. The molecule has 0 unspecified atom stereocenters. The van der Waals surface area contributed by atoms with E-state index in [0.717, 1.165) is 6.07 Å². The van der Waals surface area contributed by atoms with Crippen LogP contribution in [-0.2, 0) is 0 Å². The molecule has 0 saturated heterocycles. The van der Waals surface area contributed by atoms with E-state index in [4.69, 9.17) is 5.73 Å². The summed E-state index contributed by atoms with van der Waals surface area (Å²) in [6.45, 7) is 3.39. The molecule has 3 N–H and O–H groups in total. The quantitative estimate of drug-likeness (QED) is 0.793. The van der Waals surface area contributed by atoms with Crippen LogP contribution in [0.1, 0.15) is 25.5 Å². The molecule has 0 aliphatic carbocycles. The second-order valence-electron chi connectivity index (χ2n) is 4.76. The average Bonchev–Trinajstić information content (AvgIpc) is 2.37. The number of alkyl halides is 4. The van der Waals surface area contributed by atoms with Gasteiger partial charge in [0.1, 0.15) is 5.75 Å². The molecule has 0 aliphatic heterocycles. The highest BCUT2D eigenvalue weighted by Crippen LogP contribution is 2.33. The zero-order valence-electron chi connectivity index (χ0n) is 11.1. The minimum Gasteiger partial charge on any atom is -0.428 e. The molecule has 0 bridgehead atoms. The van der Waals surface area contributed by atoms with E-state index in [9.17, 15) is 22.7 Å². The lowest BCUT2D eigenvalue weighted by atomic mass is 9.94. The Morgan fingerprint density at radius 2 is 1.75 bits per heavy atom. The van der Waals surface area contributed by atoms with Gasteiger partial charge in [0.15, 0.2) is 0 Å². The molecule has 114 valence electrons. The van der Waals surface area contributed by atoms with Crippen LogP contribution in [0.3, 0.4) is 0 Å². The smallest absolute Gasteiger partial charge is 0.428 e. The van der Waals surface area contributed by atoms with Crippen LogP contribution in [0.25, 0.3) is 0 Å². The summed E-state index contributed by atoms with van der Waals surface area (Å²) in [7, 11) is 0. The molecular weight excluding hydrogens is 278 g/mol. The number of benzene rings is 1. The third kappa shape index (κ3) is 3.83. The number of hydrogen-bond acceptors (Lipinski definition) is 3. The van der Waals surface area contributed by atoms with Gasteiger partial charge in [-0.3, -0.25) is 0 Å². The van der Waals surface area contributed by atoms with E-state index in [2.05, 4.69) is 4.74 Å². The van der Waals surface area contributed by atoms with E-state index in [-0.39, 0.29) is 11.5 Å². The molecule has 0 spiro atoms. The van der Waals surface area contributed by atoms with Gasteiger partial charge in [0.2, 0.25) is 0 Å². The number of para-hydroxylation sites is 1. The molecule has 0 amide bonds. The van der Waals surface area contributed by atoms with Crippen molar-refractivity contribution in [2.45, 2.75) is 38.5 Å². The van der Waals surface area contributed by atoms with Crippen molar-refractivity contribution in [3.8, 4) is 5.75 Å². The summed E-state index contributed by atoms with van der Waals surface area (Å²) >= 11 is 0. The van der Waals surface area contributed by atoms with E-state index in [1.807, 2.05) is 0 Å². The topological polar surface area (TPSA) is 55.5 Å². The van der Waals surface area contributed by atoms with E-state index < -0.39 is 30.4 Å². The number of rotatable bonds is 6. The Kier molecular flexibility index (Phi) is 5.35. The highest BCUT2D eigenvalue weighted by molar-refractivity contribution is 5.36. The van der Waals surface area contributed by atoms with E-state index >= 15 is 0 Å². The van der Waals surface area contributed by atoms with Gasteiger partial charge in [-0.25, -0.2) is 0 Å². The van der Waals surface area contributed by atoms with Crippen LogP contribution in [0.5, 0.6) is 5.75 Å². The third-order valence-electron chi connectivity index (χ3n) is 2.83. The molecule has 1 rings (SSSR count). The lowest BCUT2D eigenvalue weighted by Gasteiger charge is -2.25. The average molecular weight is 295 g/mol. The zero-order chi connectivity index (χ0) is 15.5. The van der Waals surface area contributed by atoms with Crippen LogP contribution in [0.15, 0.2) is 24.3 Å². The monoisotopic (exact) mass is 295 g/mol. The Morgan fingerprint density at radius 1 is 1.20 bits per heavy atom. The van der Waals surface area contributed by atoms with Gasteiger partial charge in [0.25, 0.3) is 0 Å². The first-order valence-electron chi connectivity index (χ1n) is 6.04. The summed E-state index contributed by atoms with van der Waals surface area (Å²) in [5.74, 6) is -0.696. The maximum atomic E-state index is 13.0. The normalized spacial score (nSPS) is 15.5. The highest BCUT2D eigenvalue weighted by Gasteiger charge is 2.44. The SMILES string of the molecule is CC(C)[C@H](O)[C@H](N)c1ccccc1OC(F)(F)C(F)F. The summed E-state index contributed by atoms with van der Waals surface area (Å²) in [4.78, 5) is 0. The number of halogens is 4. The van der Waals surface area contributed by atoms with Gasteiger partial charge in [0, 0.05) is 5.56 Å². The molecule has 0 aromatic heterocycles. The summed E-state index contributed by atoms with van der Waals surface area (Å²) in [5.41, 5.74) is 5.82. The Hall–Kier alpha value is -1.34. The van der Waals surface area contributed by atoms with Crippen molar-refractivity contribution in [3.05, 3.63) is 29.8 Å². The Balaban J connectivity index is 3.05. The minimum atomic E-state index is -4.61. The highest BCUT2D eigenvalue weighted by atomic mass is 19.3. The first kappa shape index (κ1) is 16.7. The molecular formula is C13H17F4NO2. The van der Waals surface area contributed by atoms with Crippen LogP contribution in [0.4, 0.5) is 17.6 Å². The van der Waals surface area contributed by atoms with Crippen LogP contribution in [0, 0.1) is 5.92 Å². The van der Waals surface area contributed by atoms with Crippen molar-refractivity contribution >= 4 is 0 Å². The van der Waals surface area contributed by atoms with Crippen molar-refractivity contribution in [2.75, 3.05) is 0 Å². The van der Waals surface area contributed by atoms with Crippen molar-refractivity contribution in [3.63, 3.8) is 0 Å². The maximum Gasteiger partial charge on any atom is 0.461 e. The molecule has 1 aromatic carbocycles. The molecule has 0 aliphatic rings. The summed E-state index contributed by atoms with van der Waals surface area (Å²) in [5, 5.41) is 9.86. The molecule has 3 nitrogen and oxygen atoms in total. The standard InChI is InChI=1S/C13H17F4NO2/c1-7(2)11(19)10(18)8-5-3-4-6-9(8)20-13(16,17)12(14)15/h3-7,10-12,19H,18H2,1-2H3/t10-,11+/m1/s1. The number of ether oxygens (including phenoxy) is 1. The van der Waals surface area contributed by atoms with Crippen LogP contribution >= 0.6 is 0 Å². The second-order valence-corrected chi connectivity index (χ2v) is 4.76. The van der Waals surface area contributed by atoms with Gasteiger partial charge in [-0.05, 0) is 12.0 Å². The fraction of sp³-hybridized carbons (Fsp3) is 0.538. The van der Waals surface area contributed by atoms with Gasteiger partial charge >= 0.3 is 12.5 Å². The van der Waals surface area contributed by atoms with Gasteiger partial charge in [-0.15, -0.1) is 0 Å². The molecule has 2 atom stereocenters. The molecule has 0 saturated carbocycles. The number of nitrogens with two attached hydrogens (primary N) is 1. The molecule has 1 aromatic rings. The summed E-state index contributed by atoms with van der Waals surface area (Å²) in [6.07, 6.45) is -9.58. The molecule has 0 radical (unpaired) electrons. The first-order chi connectivity index (χ1) is 9.16. The molecule has 0 fully saturated rings. The number of aliphatic hydroxyl groups is 1. The van der Waals surface area contributed by atoms with Crippen molar-refractivity contribution in [1.29, 1.82) is 0 Å². The van der Waals surface area contributed by atoms with Gasteiger partial charge in [-0.2, -0.15) is 17.6 Å². The predicted octanol–water partition coefficient (Wildman–Crippen LogP) is 2.94. The lowest BCUT2D eigenvalue weighted by molar-refractivity contribution is -0.253. The summed E-state index contributed by atoms with van der Waals surface area (Å²) < 4.78 is 54.3. The molecule has 7 heteroatoms. The first-order valence-corrected chi connectivity index (χ1v) is 6.04. The van der Waals surface area contributed by atoms with Crippen LogP contribution < -0.4 is 10.5 Å². The van der Waals surface area contributed by atoms with Gasteiger partial charge in [0.05, 0.1) is 12.1 Å². The van der Waals surface area contributed by atoms with E-state index in [0.29, 0.717) is 0 Å². The predicted molar refractivity (Wildman–Crippen MR) is 65.8 cm³/mol. The van der Waals surface area contributed by atoms with Crippen LogP contribution in [-0.4, -0.2) is 23.7 Å². The fourth-order valence-corrected chi connectivity index (χ4v) is 1.64. The molecule has 0 heterocycles. The van der Waals surface area contributed by atoms with E-state index in [1.165, 1.54) is 18.2 Å². The third-order valence-corrected chi connectivity index (χ3v) is 2.83. The minimum absolute atomic E-state index is 0.0500. The Bertz CT molecular complexity index is 440. The maximum absolute atomic E-state index is 13.0. The summed E-state index contributed by atoms with van der Waals surface area (Å²) in [6, 6.07) is 4.30. The second kappa shape index (κ2) is 6.41.